The molecule has 1 unspecified atom stereocenters. The van der Waals surface area contributed by atoms with Gasteiger partial charge in [-0.1, -0.05) is 35.3 Å². The fourth-order valence-electron chi connectivity index (χ4n) is 2.53. The first-order chi connectivity index (χ1) is 10.7. The maximum absolute atomic E-state index is 12.5. The van der Waals surface area contributed by atoms with E-state index in [0.717, 1.165) is 5.56 Å². The molecule has 1 aromatic rings. The third-order valence-corrected chi connectivity index (χ3v) is 4.55. The molecule has 4 nitrogen and oxygen atoms in total. The molecule has 0 bridgehead atoms. The maximum Gasteiger partial charge on any atom is 0.410 e. The lowest BCUT2D eigenvalue weighted by molar-refractivity contribution is -0.121. The summed E-state index contributed by atoms with van der Waals surface area (Å²) in [7, 11) is 0. The van der Waals surface area contributed by atoms with Crippen LogP contribution in [0.2, 0.25) is 10.0 Å². The Bertz CT molecular complexity index is 610. The van der Waals surface area contributed by atoms with E-state index >= 15 is 0 Å². The summed E-state index contributed by atoms with van der Waals surface area (Å²) in [5, 5.41) is 0.864. The number of rotatable bonds is 3. The molecule has 2 rings (SSSR count). The third-order valence-electron chi connectivity index (χ3n) is 3.69. The fraction of sp³-hybridized carbons (Fsp3) is 0.529. The van der Waals surface area contributed by atoms with Crippen molar-refractivity contribution >= 4 is 35.1 Å². The Labute approximate surface area is 146 Å². The standard InChI is InChI=1S/C17H21Cl2NO3/c1-17(2,3)23-16(22)20-8-7-12(10-20)14(21)9-11-5-4-6-13(18)15(11)19/h4-6,12H,7-10H2,1-3H3. The summed E-state index contributed by atoms with van der Waals surface area (Å²) in [6.45, 7) is 6.40. The van der Waals surface area contributed by atoms with Crippen LogP contribution < -0.4 is 0 Å². The summed E-state index contributed by atoms with van der Waals surface area (Å²) in [5.74, 6) is -0.113. The van der Waals surface area contributed by atoms with E-state index in [4.69, 9.17) is 27.9 Å². The largest absolute Gasteiger partial charge is 0.444 e. The van der Waals surface area contributed by atoms with Crippen molar-refractivity contribution in [3.05, 3.63) is 33.8 Å². The number of halogens is 2. The number of ketones is 1. The molecule has 23 heavy (non-hydrogen) atoms. The Morgan fingerprint density at radius 1 is 1.30 bits per heavy atom. The van der Waals surface area contributed by atoms with Gasteiger partial charge >= 0.3 is 6.09 Å². The molecule has 1 saturated heterocycles. The fourth-order valence-corrected chi connectivity index (χ4v) is 2.92. The van der Waals surface area contributed by atoms with Crippen LogP contribution in [-0.4, -0.2) is 35.5 Å². The molecule has 0 radical (unpaired) electrons. The zero-order chi connectivity index (χ0) is 17.2. The van der Waals surface area contributed by atoms with Crippen LogP contribution in [-0.2, 0) is 16.0 Å². The lowest BCUT2D eigenvalue weighted by Crippen LogP contribution is -2.36. The van der Waals surface area contributed by atoms with E-state index in [1.807, 2.05) is 20.8 Å². The van der Waals surface area contributed by atoms with Crippen LogP contribution in [0.25, 0.3) is 0 Å². The molecule has 0 aromatic heterocycles. The molecule has 1 heterocycles. The molecule has 1 aliphatic rings. The van der Waals surface area contributed by atoms with Crippen molar-refractivity contribution in [2.45, 2.75) is 39.2 Å². The number of ether oxygens (including phenoxy) is 1. The van der Waals surface area contributed by atoms with E-state index in [-0.39, 0.29) is 24.2 Å². The van der Waals surface area contributed by atoms with Crippen molar-refractivity contribution in [3.63, 3.8) is 0 Å². The summed E-state index contributed by atoms with van der Waals surface area (Å²) in [6.07, 6.45) is 0.510. The molecule has 126 valence electrons. The predicted octanol–water partition coefficient (Wildman–Crippen LogP) is 4.36. The van der Waals surface area contributed by atoms with Gasteiger partial charge < -0.3 is 9.64 Å². The van der Waals surface area contributed by atoms with Gasteiger partial charge in [-0.3, -0.25) is 4.79 Å². The van der Waals surface area contributed by atoms with Crippen LogP contribution in [0.3, 0.4) is 0 Å². The smallest absolute Gasteiger partial charge is 0.410 e. The van der Waals surface area contributed by atoms with Gasteiger partial charge in [-0.15, -0.1) is 0 Å². The number of hydrogen-bond acceptors (Lipinski definition) is 3. The monoisotopic (exact) mass is 357 g/mol. The zero-order valence-corrected chi connectivity index (χ0v) is 15.1. The molecule has 0 aliphatic carbocycles. The molecule has 1 fully saturated rings. The van der Waals surface area contributed by atoms with E-state index in [2.05, 4.69) is 0 Å². The van der Waals surface area contributed by atoms with Gasteiger partial charge in [-0.25, -0.2) is 4.79 Å². The minimum absolute atomic E-state index is 0.0697. The third kappa shape index (κ3) is 4.85. The van der Waals surface area contributed by atoms with Crippen LogP contribution in [0.4, 0.5) is 4.79 Å². The van der Waals surface area contributed by atoms with Crippen molar-refractivity contribution in [1.29, 1.82) is 0 Å². The number of likely N-dealkylation sites (tertiary alicyclic amines) is 1. The van der Waals surface area contributed by atoms with Crippen LogP contribution in [0, 0.1) is 5.92 Å². The first-order valence-corrected chi connectivity index (χ1v) is 8.36. The van der Waals surface area contributed by atoms with Crippen molar-refractivity contribution < 1.29 is 14.3 Å². The lowest BCUT2D eigenvalue weighted by Gasteiger charge is -2.24. The highest BCUT2D eigenvalue weighted by molar-refractivity contribution is 6.42. The topological polar surface area (TPSA) is 46.6 Å². The van der Waals surface area contributed by atoms with E-state index in [1.54, 1.807) is 23.1 Å². The summed E-state index contributed by atoms with van der Waals surface area (Å²) >= 11 is 12.1. The second kappa shape index (κ2) is 7.10. The SMILES string of the molecule is CC(C)(C)OC(=O)N1CCC(C(=O)Cc2cccc(Cl)c2Cl)C1. The summed E-state index contributed by atoms with van der Waals surface area (Å²) in [6, 6.07) is 5.27. The first-order valence-electron chi connectivity index (χ1n) is 7.61. The molecule has 0 saturated carbocycles. The zero-order valence-electron chi connectivity index (χ0n) is 13.6. The molecule has 0 spiro atoms. The van der Waals surface area contributed by atoms with Crippen LogP contribution >= 0.6 is 23.2 Å². The van der Waals surface area contributed by atoms with Gasteiger partial charge in [0.1, 0.15) is 11.4 Å². The van der Waals surface area contributed by atoms with Crippen LogP contribution in [0.15, 0.2) is 18.2 Å². The van der Waals surface area contributed by atoms with Gasteiger partial charge in [-0.2, -0.15) is 0 Å². The minimum Gasteiger partial charge on any atom is -0.444 e. The highest BCUT2D eigenvalue weighted by atomic mass is 35.5. The maximum atomic E-state index is 12.5. The Morgan fingerprint density at radius 2 is 2.00 bits per heavy atom. The first kappa shape index (κ1) is 18.1. The molecular formula is C17H21Cl2NO3. The number of carbonyl (C=O) groups is 2. The van der Waals surface area contributed by atoms with E-state index < -0.39 is 5.60 Å². The van der Waals surface area contributed by atoms with Gasteiger partial charge in [0, 0.05) is 25.4 Å². The quantitative estimate of drug-likeness (QED) is 0.807. The molecule has 1 atom stereocenters. The van der Waals surface area contributed by atoms with Crippen molar-refractivity contribution in [2.24, 2.45) is 5.92 Å². The summed E-state index contributed by atoms with van der Waals surface area (Å²) in [4.78, 5) is 26.1. The van der Waals surface area contributed by atoms with Crippen molar-refractivity contribution in [3.8, 4) is 0 Å². The van der Waals surface area contributed by atoms with E-state index in [0.29, 0.717) is 29.6 Å². The predicted molar refractivity (Wildman–Crippen MR) is 91.1 cm³/mol. The Kier molecular flexibility index (Phi) is 5.58. The number of benzene rings is 1. The van der Waals surface area contributed by atoms with Gasteiger partial charge in [0.05, 0.1) is 10.0 Å². The molecular weight excluding hydrogens is 337 g/mol. The van der Waals surface area contributed by atoms with Gasteiger partial charge in [0.15, 0.2) is 0 Å². The van der Waals surface area contributed by atoms with Crippen LogP contribution in [0.1, 0.15) is 32.8 Å². The average molecular weight is 358 g/mol. The van der Waals surface area contributed by atoms with Crippen molar-refractivity contribution in [2.75, 3.05) is 13.1 Å². The van der Waals surface area contributed by atoms with Gasteiger partial charge in [0.25, 0.3) is 0 Å². The second-order valence-electron chi connectivity index (χ2n) is 6.77. The number of nitrogens with zero attached hydrogens (tertiary/aromatic N) is 1. The molecule has 6 heteroatoms. The van der Waals surface area contributed by atoms with E-state index in [1.165, 1.54) is 0 Å². The Morgan fingerprint density at radius 3 is 2.65 bits per heavy atom. The highest BCUT2D eigenvalue weighted by Gasteiger charge is 2.33. The number of amides is 1. The van der Waals surface area contributed by atoms with Gasteiger partial charge in [-0.05, 0) is 38.8 Å². The summed E-state index contributed by atoms with van der Waals surface area (Å²) in [5.41, 5.74) is 0.188. The van der Waals surface area contributed by atoms with Crippen molar-refractivity contribution in [1.82, 2.24) is 4.90 Å². The molecule has 1 amide bonds. The van der Waals surface area contributed by atoms with Gasteiger partial charge in [0.2, 0.25) is 0 Å². The normalized spacial score (nSPS) is 18.1. The second-order valence-corrected chi connectivity index (χ2v) is 7.55. The number of hydrogen-bond donors (Lipinski definition) is 0. The van der Waals surface area contributed by atoms with Crippen LogP contribution in [0.5, 0.6) is 0 Å². The van der Waals surface area contributed by atoms with E-state index in [9.17, 15) is 9.59 Å². The molecule has 1 aromatic carbocycles. The molecule has 1 aliphatic heterocycles. The average Bonchev–Trinajstić information content (AvgIpc) is 2.92. The number of carbonyl (C=O) groups excluding carboxylic acids is 2. The summed E-state index contributed by atoms with van der Waals surface area (Å²) < 4.78 is 5.34. The highest BCUT2D eigenvalue weighted by Crippen LogP contribution is 2.28. The lowest BCUT2D eigenvalue weighted by atomic mass is 9.97. The Balaban J connectivity index is 1.95. The Hall–Kier alpha value is -1.26. The number of Topliss-reactive ketones (excluding diaryl/α,β-unsaturated/α-hetero) is 1. The minimum atomic E-state index is -0.534. The molecule has 0 N–H and O–H groups in total.